The quantitative estimate of drug-likeness (QED) is 0.413. The fraction of sp³-hybridized carbons (Fsp3) is 0.0455. The van der Waals surface area contributed by atoms with Crippen LogP contribution in [-0.2, 0) is 4.79 Å². The van der Waals surface area contributed by atoms with E-state index >= 15 is 0 Å². The summed E-state index contributed by atoms with van der Waals surface area (Å²) in [6.45, 7) is -0.132. The van der Waals surface area contributed by atoms with E-state index in [9.17, 15) is 14.8 Å². The van der Waals surface area contributed by atoms with Crippen LogP contribution in [0.1, 0.15) is 0 Å². The minimum Gasteiger partial charge on any atom is -0.733 e. The Labute approximate surface area is 176 Å². The molecular weight excluding hydrogens is 398 g/mol. The van der Waals surface area contributed by atoms with Gasteiger partial charge in [0.2, 0.25) is 0 Å². The lowest BCUT2D eigenvalue weighted by atomic mass is 10.2. The van der Waals surface area contributed by atoms with Crippen molar-refractivity contribution in [2.24, 2.45) is 0 Å². The summed E-state index contributed by atoms with van der Waals surface area (Å²) >= 11 is 0. The fourth-order valence-electron chi connectivity index (χ4n) is 3.07. The van der Waals surface area contributed by atoms with E-state index in [0.717, 1.165) is 4.68 Å². The number of para-hydroxylation sites is 1. The SMILES string of the molecule is O=C(CNc1ccc(N([O-])O)cc1)Nn1c(-c2ccccc2)nc2ccccc2c1=O. The van der Waals surface area contributed by atoms with Gasteiger partial charge < -0.3 is 15.8 Å². The molecule has 0 saturated carbocycles. The summed E-state index contributed by atoms with van der Waals surface area (Å²) in [7, 11) is 0. The van der Waals surface area contributed by atoms with Crippen molar-refractivity contribution in [1.82, 2.24) is 9.66 Å². The standard InChI is InChI=1S/C22H18N5O4/c28-20(14-23-16-10-12-17(13-11-16)27(30)31)25-26-21(15-6-2-1-3-7-15)24-19-9-5-4-8-18(19)22(26)29/h1-13,23,30H,14H2,(H,25,28)/q-1. The number of nitrogens with one attached hydrogen (secondary N) is 2. The summed E-state index contributed by atoms with van der Waals surface area (Å²) in [5.74, 6) is -0.145. The molecule has 0 unspecified atom stereocenters. The molecule has 0 aliphatic carbocycles. The maximum Gasteiger partial charge on any atom is 0.280 e. The van der Waals surface area contributed by atoms with Crippen molar-refractivity contribution in [3.63, 3.8) is 0 Å². The van der Waals surface area contributed by atoms with Crippen molar-refractivity contribution in [3.8, 4) is 11.4 Å². The van der Waals surface area contributed by atoms with Crippen LogP contribution in [0, 0.1) is 5.21 Å². The van der Waals surface area contributed by atoms with E-state index in [0.29, 0.717) is 28.0 Å². The van der Waals surface area contributed by atoms with Crippen LogP contribution in [0.3, 0.4) is 0 Å². The highest BCUT2D eigenvalue weighted by atomic mass is 16.8. The number of hydrogen-bond acceptors (Lipinski definition) is 7. The number of fused-ring (bicyclic) bond motifs is 1. The van der Waals surface area contributed by atoms with Crippen LogP contribution >= 0.6 is 0 Å². The summed E-state index contributed by atoms with van der Waals surface area (Å²) in [4.78, 5) is 30.2. The van der Waals surface area contributed by atoms with Crippen molar-refractivity contribution in [1.29, 1.82) is 0 Å². The number of rotatable bonds is 6. The topological polar surface area (TPSA) is 123 Å². The molecule has 31 heavy (non-hydrogen) atoms. The van der Waals surface area contributed by atoms with Gasteiger partial charge in [-0.3, -0.25) is 20.2 Å². The van der Waals surface area contributed by atoms with Gasteiger partial charge in [0.1, 0.15) is 0 Å². The van der Waals surface area contributed by atoms with Crippen molar-refractivity contribution < 1.29 is 10.0 Å². The lowest BCUT2D eigenvalue weighted by molar-refractivity contribution is -0.115. The number of benzene rings is 3. The molecule has 9 heteroatoms. The van der Waals surface area contributed by atoms with Crippen molar-refractivity contribution >= 4 is 28.2 Å². The third kappa shape index (κ3) is 4.37. The maximum atomic E-state index is 13.1. The van der Waals surface area contributed by atoms with Gasteiger partial charge in [-0.2, -0.15) is 4.68 Å². The normalized spacial score (nSPS) is 10.6. The third-order valence-corrected chi connectivity index (χ3v) is 4.59. The summed E-state index contributed by atoms with van der Waals surface area (Å²) in [5, 5.41) is 22.8. The first-order valence-corrected chi connectivity index (χ1v) is 9.40. The first-order chi connectivity index (χ1) is 15.0. The highest BCUT2D eigenvalue weighted by molar-refractivity contribution is 5.89. The van der Waals surface area contributed by atoms with Crippen LogP contribution in [0.25, 0.3) is 22.3 Å². The zero-order valence-corrected chi connectivity index (χ0v) is 16.2. The molecule has 0 bridgehead atoms. The van der Waals surface area contributed by atoms with Gasteiger partial charge in [0.15, 0.2) is 5.82 Å². The van der Waals surface area contributed by atoms with Gasteiger partial charge in [-0.05, 0) is 36.4 Å². The second kappa shape index (κ2) is 8.66. The number of hydrogen-bond donors (Lipinski definition) is 3. The molecule has 3 aromatic carbocycles. The molecule has 4 aromatic rings. The smallest absolute Gasteiger partial charge is 0.280 e. The van der Waals surface area contributed by atoms with E-state index < -0.39 is 5.91 Å². The molecule has 0 radical (unpaired) electrons. The molecule has 0 saturated heterocycles. The van der Waals surface area contributed by atoms with E-state index in [1.54, 1.807) is 48.5 Å². The molecule has 9 nitrogen and oxygen atoms in total. The average molecular weight is 416 g/mol. The highest BCUT2D eigenvalue weighted by Crippen LogP contribution is 2.18. The largest absolute Gasteiger partial charge is 0.733 e. The van der Waals surface area contributed by atoms with Crippen LogP contribution in [0.5, 0.6) is 0 Å². The van der Waals surface area contributed by atoms with Crippen LogP contribution in [0.4, 0.5) is 11.4 Å². The summed E-state index contributed by atoms with van der Waals surface area (Å²) in [6.07, 6.45) is 0. The number of amides is 1. The first kappa shape index (κ1) is 20.1. The Balaban J connectivity index is 1.60. The molecule has 0 aliphatic heterocycles. The zero-order chi connectivity index (χ0) is 21.8. The van der Waals surface area contributed by atoms with Gasteiger partial charge in [-0.25, -0.2) is 4.98 Å². The van der Waals surface area contributed by atoms with E-state index in [1.807, 2.05) is 18.2 Å². The van der Waals surface area contributed by atoms with Crippen LogP contribution in [0.2, 0.25) is 0 Å². The lowest BCUT2D eigenvalue weighted by Gasteiger charge is -2.21. The lowest BCUT2D eigenvalue weighted by Crippen LogP contribution is -2.37. The Hall–Kier alpha value is -4.21. The Morgan fingerprint density at radius 1 is 1.00 bits per heavy atom. The van der Waals surface area contributed by atoms with E-state index in [-0.39, 0.29) is 23.0 Å². The number of carbonyl (C=O) groups excluding carboxylic acids is 1. The van der Waals surface area contributed by atoms with Crippen LogP contribution in [-0.4, -0.2) is 27.3 Å². The monoisotopic (exact) mass is 416 g/mol. The van der Waals surface area contributed by atoms with Gasteiger partial charge in [0, 0.05) is 11.3 Å². The molecule has 1 heterocycles. The molecule has 3 N–H and O–H groups in total. The van der Waals surface area contributed by atoms with Gasteiger partial charge >= 0.3 is 0 Å². The molecule has 0 spiro atoms. The van der Waals surface area contributed by atoms with E-state index in [2.05, 4.69) is 15.7 Å². The van der Waals surface area contributed by atoms with Gasteiger partial charge in [0.25, 0.3) is 11.5 Å². The third-order valence-electron chi connectivity index (χ3n) is 4.59. The molecule has 1 amide bonds. The Kier molecular flexibility index (Phi) is 5.61. The zero-order valence-electron chi connectivity index (χ0n) is 16.2. The molecule has 0 aliphatic rings. The second-order valence-electron chi connectivity index (χ2n) is 6.67. The molecule has 4 rings (SSSR count). The van der Waals surface area contributed by atoms with Gasteiger partial charge in [-0.15, -0.1) is 0 Å². The van der Waals surface area contributed by atoms with Crippen LogP contribution < -0.4 is 21.5 Å². The molecule has 0 fully saturated rings. The minimum absolute atomic E-state index is 0.0660. The Morgan fingerprint density at radius 3 is 2.39 bits per heavy atom. The number of nitrogens with zero attached hydrogens (tertiary/aromatic N) is 3. The van der Waals surface area contributed by atoms with Crippen LogP contribution in [0.15, 0.2) is 83.7 Å². The van der Waals surface area contributed by atoms with E-state index in [4.69, 9.17) is 5.21 Å². The number of aromatic nitrogens is 2. The van der Waals surface area contributed by atoms with Gasteiger partial charge in [0.05, 0.1) is 23.1 Å². The minimum atomic E-state index is -0.465. The number of anilines is 2. The second-order valence-corrected chi connectivity index (χ2v) is 6.67. The molecule has 1 aromatic heterocycles. The number of carbonyl (C=O) groups is 1. The maximum absolute atomic E-state index is 13.1. The van der Waals surface area contributed by atoms with Crippen molar-refractivity contribution in [2.75, 3.05) is 22.5 Å². The predicted octanol–water partition coefficient (Wildman–Crippen LogP) is 2.94. The summed E-state index contributed by atoms with van der Waals surface area (Å²) in [6, 6.07) is 21.9. The summed E-state index contributed by atoms with van der Waals surface area (Å²) in [5.41, 5.74) is 4.07. The van der Waals surface area contributed by atoms with Gasteiger partial charge in [-0.1, -0.05) is 42.5 Å². The fourth-order valence-corrected chi connectivity index (χ4v) is 3.07. The van der Waals surface area contributed by atoms with E-state index in [1.165, 1.54) is 12.1 Å². The van der Waals surface area contributed by atoms with Crippen molar-refractivity contribution in [3.05, 3.63) is 94.4 Å². The summed E-state index contributed by atoms with van der Waals surface area (Å²) < 4.78 is 1.14. The Morgan fingerprint density at radius 2 is 1.68 bits per heavy atom. The molecular formula is C22H18N5O4-. The highest BCUT2D eigenvalue weighted by Gasteiger charge is 2.14. The molecule has 156 valence electrons. The first-order valence-electron chi connectivity index (χ1n) is 9.40. The predicted molar refractivity (Wildman–Crippen MR) is 118 cm³/mol. The molecule has 0 atom stereocenters. The average Bonchev–Trinajstić information content (AvgIpc) is 2.80. The Bertz CT molecular complexity index is 1270. The van der Waals surface area contributed by atoms with Crippen molar-refractivity contribution in [2.45, 2.75) is 0 Å².